The predicted octanol–water partition coefficient (Wildman–Crippen LogP) is 0.419. The number of hydrogen-bond acceptors (Lipinski definition) is 5. The highest BCUT2D eigenvalue weighted by Gasteiger charge is 2.12. The van der Waals surface area contributed by atoms with Gasteiger partial charge in [-0.2, -0.15) is 5.43 Å². The van der Waals surface area contributed by atoms with Gasteiger partial charge in [0.1, 0.15) is 0 Å². The van der Waals surface area contributed by atoms with Crippen LogP contribution in [0.5, 0.6) is 0 Å². The summed E-state index contributed by atoms with van der Waals surface area (Å²) >= 11 is 0. The molecule has 0 saturated carbocycles. The number of esters is 2. The highest BCUT2D eigenvalue weighted by molar-refractivity contribution is 5.85. The van der Waals surface area contributed by atoms with Crippen LogP contribution in [0.4, 0.5) is 0 Å². The van der Waals surface area contributed by atoms with E-state index in [4.69, 9.17) is 0 Å². The van der Waals surface area contributed by atoms with Gasteiger partial charge in [0.15, 0.2) is 0 Å². The first-order chi connectivity index (χ1) is 8.58. The minimum atomic E-state index is -0.523. The molecule has 1 aromatic heterocycles. The van der Waals surface area contributed by atoms with Crippen molar-refractivity contribution < 1.29 is 19.1 Å². The molecule has 0 bridgehead atoms. The van der Waals surface area contributed by atoms with Crippen molar-refractivity contribution in [3.8, 4) is 0 Å². The monoisotopic (exact) mass is 252 g/mol. The van der Waals surface area contributed by atoms with Gasteiger partial charge in [-0.3, -0.25) is 9.59 Å². The Morgan fingerprint density at radius 2 is 2.11 bits per heavy atom. The molecule has 1 N–H and O–H groups in total. The molecule has 0 atom stereocenters. The lowest BCUT2D eigenvalue weighted by Crippen LogP contribution is -2.48. The Bertz CT molecular complexity index is 393. The first kappa shape index (κ1) is 14.1. The third kappa shape index (κ3) is 5.93. The number of carbonyl (C=O) groups excluding carboxylic acids is 2. The zero-order chi connectivity index (χ0) is 13.4. The van der Waals surface area contributed by atoms with Crippen LogP contribution in [-0.4, -0.2) is 23.6 Å². The van der Waals surface area contributed by atoms with Crippen molar-refractivity contribution in [2.75, 3.05) is 12.0 Å². The minimum Gasteiger partial charge on any atom is -0.393 e. The van der Waals surface area contributed by atoms with Gasteiger partial charge in [-0.15, -0.1) is 0 Å². The number of nitrogens with zero attached hydrogens (tertiary/aromatic N) is 2. The standard InChI is InChI=1S/C12H18N3O3/c1-10(2)9-12(17)18-11(16)5-7-14-15-8-4-3-6-13-15/h3-4,6,8,10H,5,7,9H2,1-2H3,(H,13,14)/q+1. The van der Waals surface area contributed by atoms with Crippen LogP contribution in [0.2, 0.25) is 0 Å². The topological polar surface area (TPSA) is 72.2 Å². The summed E-state index contributed by atoms with van der Waals surface area (Å²) in [5.41, 5.74) is 2.88. The fourth-order valence-electron chi connectivity index (χ4n) is 1.25. The summed E-state index contributed by atoms with van der Waals surface area (Å²) < 4.78 is 4.65. The summed E-state index contributed by atoms with van der Waals surface area (Å²) in [6.07, 6.45) is 3.72. The molecular weight excluding hydrogens is 234 g/mol. The molecule has 0 amide bonds. The van der Waals surface area contributed by atoms with Crippen LogP contribution in [-0.2, 0) is 14.3 Å². The minimum absolute atomic E-state index is 0.118. The second-order valence-corrected chi connectivity index (χ2v) is 4.25. The van der Waals surface area contributed by atoms with Crippen molar-refractivity contribution in [2.45, 2.75) is 26.7 Å². The second kappa shape index (κ2) is 7.37. The SMILES string of the molecule is CC(C)CC(=O)OC(=O)CCN[n+]1ccccn1. The molecule has 98 valence electrons. The fraction of sp³-hybridized carbons (Fsp3) is 0.500. The Hall–Kier alpha value is -1.98. The molecule has 1 rings (SSSR count). The zero-order valence-electron chi connectivity index (χ0n) is 10.6. The van der Waals surface area contributed by atoms with Crippen molar-refractivity contribution in [3.05, 3.63) is 24.5 Å². The van der Waals surface area contributed by atoms with E-state index >= 15 is 0 Å². The van der Waals surface area contributed by atoms with Gasteiger partial charge in [-0.1, -0.05) is 13.8 Å². The molecule has 6 nitrogen and oxygen atoms in total. The molecule has 0 aliphatic heterocycles. The van der Waals surface area contributed by atoms with Gasteiger partial charge >= 0.3 is 11.9 Å². The highest BCUT2D eigenvalue weighted by atomic mass is 16.6. The highest BCUT2D eigenvalue weighted by Crippen LogP contribution is 2.01. The van der Waals surface area contributed by atoms with Gasteiger partial charge in [0.2, 0.25) is 6.20 Å². The van der Waals surface area contributed by atoms with Crippen molar-refractivity contribution >= 4 is 11.9 Å². The lowest BCUT2D eigenvalue weighted by atomic mass is 10.1. The molecule has 1 aromatic rings. The number of carbonyl (C=O) groups is 2. The number of ether oxygens (including phenoxy) is 1. The van der Waals surface area contributed by atoms with E-state index in [2.05, 4.69) is 15.3 Å². The van der Waals surface area contributed by atoms with Crippen molar-refractivity contribution in [3.63, 3.8) is 0 Å². The molecule has 1 heterocycles. The Kier molecular flexibility index (Phi) is 5.76. The van der Waals surface area contributed by atoms with Crippen molar-refractivity contribution in [2.24, 2.45) is 5.92 Å². The van der Waals surface area contributed by atoms with Crippen LogP contribution in [0.15, 0.2) is 24.5 Å². The van der Waals surface area contributed by atoms with Crippen LogP contribution in [0.25, 0.3) is 0 Å². The fourth-order valence-corrected chi connectivity index (χ4v) is 1.25. The summed E-state index contributed by atoms with van der Waals surface area (Å²) in [5, 5.41) is 3.96. The van der Waals surface area contributed by atoms with Gasteiger partial charge in [0, 0.05) is 22.4 Å². The smallest absolute Gasteiger partial charge is 0.315 e. The largest absolute Gasteiger partial charge is 0.393 e. The van der Waals surface area contributed by atoms with E-state index in [1.54, 1.807) is 18.5 Å². The maximum atomic E-state index is 11.3. The zero-order valence-corrected chi connectivity index (χ0v) is 10.6. The van der Waals surface area contributed by atoms with Gasteiger partial charge in [0.25, 0.3) is 0 Å². The van der Waals surface area contributed by atoms with E-state index in [1.807, 2.05) is 19.9 Å². The van der Waals surface area contributed by atoms with Gasteiger partial charge < -0.3 is 4.74 Å². The van der Waals surface area contributed by atoms with Gasteiger partial charge in [0.05, 0.1) is 19.2 Å². The first-order valence-corrected chi connectivity index (χ1v) is 5.88. The van der Waals surface area contributed by atoms with Gasteiger partial charge in [-0.25, -0.2) is 0 Å². The maximum absolute atomic E-state index is 11.3. The molecule has 6 heteroatoms. The molecular formula is C12H18N3O3+. The maximum Gasteiger partial charge on any atom is 0.315 e. The third-order valence-corrected chi connectivity index (χ3v) is 2.02. The quantitative estimate of drug-likeness (QED) is 0.451. The van der Waals surface area contributed by atoms with Crippen LogP contribution in [0.1, 0.15) is 26.7 Å². The normalized spacial score (nSPS) is 10.2. The Morgan fingerprint density at radius 1 is 1.33 bits per heavy atom. The third-order valence-electron chi connectivity index (χ3n) is 2.02. The van der Waals surface area contributed by atoms with Gasteiger partial charge in [-0.05, 0) is 12.0 Å². The summed E-state index contributed by atoms with van der Waals surface area (Å²) in [7, 11) is 0. The Balaban J connectivity index is 2.19. The predicted molar refractivity (Wildman–Crippen MR) is 63.8 cm³/mol. The number of nitrogens with one attached hydrogen (secondary N) is 1. The van der Waals surface area contributed by atoms with E-state index in [1.165, 1.54) is 4.79 Å². The average Bonchev–Trinajstić information content (AvgIpc) is 2.29. The summed E-state index contributed by atoms with van der Waals surface area (Å²) in [4.78, 5) is 24.0. The number of aromatic nitrogens is 2. The average molecular weight is 252 g/mol. The first-order valence-electron chi connectivity index (χ1n) is 5.88. The van der Waals surface area contributed by atoms with E-state index in [-0.39, 0.29) is 18.8 Å². The Morgan fingerprint density at radius 3 is 2.72 bits per heavy atom. The van der Waals surface area contributed by atoms with Crippen LogP contribution in [0, 0.1) is 5.92 Å². The van der Waals surface area contributed by atoms with Crippen molar-refractivity contribution in [1.82, 2.24) is 5.10 Å². The molecule has 0 aliphatic rings. The molecule has 0 fully saturated rings. The molecule has 18 heavy (non-hydrogen) atoms. The van der Waals surface area contributed by atoms with E-state index in [9.17, 15) is 9.59 Å². The Labute approximate surface area is 106 Å². The molecule has 0 spiro atoms. The van der Waals surface area contributed by atoms with Crippen LogP contribution in [0.3, 0.4) is 0 Å². The molecule has 0 saturated heterocycles. The molecule has 0 aromatic carbocycles. The lowest BCUT2D eigenvalue weighted by Gasteiger charge is -2.04. The van der Waals surface area contributed by atoms with E-state index < -0.39 is 11.9 Å². The van der Waals surface area contributed by atoms with Crippen LogP contribution < -0.4 is 10.2 Å². The summed E-state index contributed by atoms with van der Waals surface area (Å²) in [6.45, 7) is 4.14. The second-order valence-electron chi connectivity index (χ2n) is 4.25. The number of hydrogen-bond donors (Lipinski definition) is 1. The van der Waals surface area contributed by atoms with E-state index in [0.717, 1.165) is 0 Å². The van der Waals surface area contributed by atoms with Crippen molar-refractivity contribution in [1.29, 1.82) is 0 Å². The summed E-state index contributed by atoms with van der Waals surface area (Å²) in [6, 6.07) is 3.60. The van der Waals surface area contributed by atoms with E-state index in [0.29, 0.717) is 6.54 Å². The molecule has 0 aliphatic carbocycles. The van der Waals surface area contributed by atoms with Crippen LogP contribution >= 0.6 is 0 Å². The summed E-state index contributed by atoms with van der Waals surface area (Å²) in [5.74, 6) is -0.808. The number of rotatable bonds is 6. The molecule has 0 radical (unpaired) electrons. The molecule has 0 unspecified atom stereocenters. The lowest BCUT2D eigenvalue weighted by molar-refractivity contribution is -0.710.